The van der Waals surface area contributed by atoms with Crippen LogP contribution in [0.5, 0.6) is 0 Å². The molecule has 0 spiro atoms. The summed E-state index contributed by atoms with van der Waals surface area (Å²) >= 11 is 2.25. The van der Waals surface area contributed by atoms with Gasteiger partial charge in [0.1, 0.15) is 11.4 Å². The molecule has 0 aromatic rings. The Morgan fingerprint density at radius 3 is 1.96 bits per heavy atom. The standard InChI is InChI=1S/C20H37IO4/c1-5-19(3,21)17(23)13-10-8-12-16-25-20(4,6-2)18(24)14-9-7-11-15-22/h22H,5-16H2,1-4H3. The number of aliphatic hydroxyl groups is 1. The van der Waals surface area contributed by atoms with Crippen molar-refractivity contribution in [2.75, 3.05) is 13.2 Å². The fourth-order valence-corrected chi connectivity index (χ4v) is 2.81. The van der Waals surface area contributed by atoms with Crippen molar-refractivity contribution in [1.29, 1.82) is 0 Å². The first kappa shape index (κ1) is 25.0. The smallest absolute Gasteiger partial charge is 0.164 e. The minimum Gasteiger partial charge on any atom is -0.396 e. The molecule has 0 amide bonds. The molecular weight excluding hydrogens is 431 g/mol. The van der Waals surface area contributed by atoms with E-state index in [1.807, 2.05) is 27.7 Å². The Bertz CT molecular complexity index is 395. The molecule has 148 valence electrons. The zero-order valence-corrected chi connectivity index (χ0v) is 18.7. The molecule has 0 aromatic heterocycles. The first-order valence-electron chi connectivity index (χ1n) is 9.73. The number of Topliss-reactive ketones (excluding diaryl/α,β-unsaturated/α-hetero) is 2. The van der Waals surface area contributed by atoms with Gasteiger partial charge in [-0.2, -0.15) is 0 Å². The minimum absolute atomic E-state index is 0.159. The lowest BCUT2D eigenvalue weighted by Crippen LogP contribution is -2.38. The summed E-state index contributed by atoms with van der Waals surface area (Å²) in [6.45, 7) is 8.66. The van der Waals surface area contributed by atoms with Gasteiger partial charge in [-0.25, -0.2) is 0 Å². The Morgan fingerprint density at radius 1 is 0.880 bits per heavy atom. The van der Waals surface area contributed by atoms with Crippen molar-refractivity contribution in [3.05, 3.63) is 0 Å². The lowest BCUT2D eigenvalue weighted by atomic mass is 9.93. The van der Waals surface area contributed by atoms with Crippen LogP contribution in [0.3, 0.4) is 0 Å². The van der Waals surface area contributed by atoms with Gasteiger partial charge in [-0.05, 0) is 52.4 Å². The van der Waals surface area contributed by atoms with Crippen LogP contribution in [-0.2, 0) is 14.3 Å². The number of unbranched alkanes of at least 4 members (excludes halogenated alkanes) is 4. The van der Waals surface area contributed by atoms with E-state index in [9.17, 15) is 9.59 Å². The highest BCUT2D eigenvalue weighted by atomic mass is 127. The Hall–Kier alpha value is -0.0100. The molecule has 25 heavy (non-hydrogen) atoms. The highest BCUT2D eigenvalue weighted by Crippen LogP contribution is 2.26. The minimum atomic E-state index is -0.696. The number of hydrogen-bond acceptors (Lipinski definition) is 4. The van der Waals surface area contributed by atoms with Gasteiger partial charge in [0.25, 0.3) is 0 Å². The fraction of sp³-hybridized carbons (Fsp3) is 0.900. The van der Waals surface area contributed by atoms with Crippen LogP contribution < -0.4 is 0 Å². The third-order valence-electron chi connectivity index (χ3n) is 5.04. The van der Waals surface area contributed by atoms with Crippen molar-refractivity contribution < 1.29 is 19.4 Å². The second kappa shape index (κ2) is 13.2. The van der Waals surface area contributed by atoms with Gasteiger partial charge >= 0.3 is 0 Å². The number of aliphatic hydroxyl groups excluding tert-OH is 1. The van der Waals surface area contributed by atoms with E-state index in [-0.39, 0.29) is 15.8 Å². The van der Waals surface area contributed by atoms with Crippen molar-refractivity contribution >= 4 is 34.2 Å². The molecule has 2 atom stereocenters. The number of ketones is 2. The van der Waals surface area contributed by atoms with Crippen molar-refractivity contribution in [1.82, 2.24) is 0 Å². The van der Waals surface area contributed by atoms with E-state index in [0.29, 0.717) is 31.7 Å². The van der Waals surface area contributed by atoms with Gasteiger partial charge in [0.15, 0.2) is 5.78 Å². The van der Waals surface area contributed by atoms with Gasteiger partial charge in [0.2, 0.25) is 0 Å². The summed E-state index contributed by atoms with van der Waals surface area (Å²) in [4.78, 5) is 24.5. The highest BCUT2D eigenvalue weighted by molar-refractivity contribution is 14.1. The summed E-state index contributed by atoms with van der Waals surface area (Å²) in [6, 6.07) is 0. The highest BCUT2D eigenvalue weighted by Gasteiger charge is 2.31. The summed E-state index contributed by atoms with van der Waals surface area (Å²) in [6.07, 6.45) is 7.85. The van der Waals surface area contributed by atoms with Gasteiger partial charge in [0.05, 0.1) is 3.42 Å². The van der Waals surface area contributed by atoms with Crippen LogP contribution in [0.15, 0.2) is 0 Å². The number of carbonyl (C=O) groups is 2. The molecular formula is C20H37IO4. The van der Waals surface area contributed by atoms with Gasteiger partial charge in [-0.1, -0.05) is 49.3 Å². The molecule has 0 radical (unpaired) electrons. The summed E-state index contributed by atoms with van der Waals surface area (Å²) in [7, 11) is 0. The molecule has 0 aromatic carbocycles. The summed E-state index contributed by atoms with van der Waals surface area (Å²) in [5, 5.41) is 8.79. The van der Waals surface area contributed by atoms with Crippen LogP contribution >= 0.6 is 22.6 Å². The Labute approximate surface area is 167 Å². The average Bonchev–Trinajstić information content (AvgIpc) is 2.60. The van der Waals surface area contributed by atoms with E-state index >= 15 is 0 Å². The maximum Gasteiger partial charge on any atom is 0.164 e. The van der Waals surface area contributed by atoms with Crippen LogP contribution in [0.4, 0.5) is 0 Å². The number of halogens is 1. The molecule has 0 fully saturated rings. The topological polar surface area (TPSA) is 63.6 Å². The summed E-state index contributed by atoms with van der Waals surface area (Å²) < 4.78 is 5.67. The van der Waals surface area contributed by atoms with Gasteiger partial charge in [-0.3, -0.25) is 9.59 Å². The van der Waals surface area contributed by atoms with E-state index in [0.717, 1.165) is 44.9 Å². The summed E-state index contributed by atoms with van der Waals surface area (Å²) in [5.41, 5.74) is -0.696. The van der Waals surface area contributed by atoms with Crippen LogP contribution in [0.25, 0.3) is 0 Å². The normalized spacial score (nSPS) is 16.2. The zero-order valence-electron chi connectivity index (χ0n) is 16.5. The number of rotatable bonds is 16. The molecule has 0 rings (SSSR count). The number of ether oxygens (including phenoxy) is 1. The van der Waals surface area contributed by atoms with Gasteiger partial charge in [0, 0.05) is 26.1 Å². The van der Waals surface area contributed by atoms with E-state index in [2.05, 4.69) is 22.6 Å². The Morgan fingerprint density at radius 2 is 1.44 bits per heavy atom. The molecule has 5 heteroatoms. The lowest BCUT2D eigenvalue weighted by molar-refractivity contribution is -0.143. The molecule has 0 saturated heterocycles. The van der Waals surface area contributed by atoms with E-state index in [1.54, 1.807) is 0 Å². The van der Waals surface area contributed by atoms with Crippen LogP contribution in [0.1, 0.15) is 91.9 Å². The molecule has 0 saturated carbocycles. The molecule has 0 heterocycles. The lowest BCUT2D eigenvalue weighted by Gasteiger charge is -2.27. The number of hydrogen-bond donors (Lipinski definition) is 1. The molecule has 0 aliphatic heterocycles. The van der Waals surface area contributed by atoms with E-state index in [4.69, 9.17) is 9.84 Å². The average molecular weight is 468 g/mol. The molecule has 2 unspecified atom stereocenters. The first-order chi connectivity index (χ1) is 11.7. The number of alkyl halides is 1. The van der Waals surface area contributed by atoms with Crippen LogP contribution in [0, 0.1) is 0 Å². The molecule has 4 nitrogen and oxygen atoms in total. The molecule has 1 N–H and O–H groups in total. The van der Waals surface area contributed by atoms with E-state index < -0.39 is 5.60 Å². The SMILES string of the molecule is CCC(C)(I)C(=O)CCCCCOC(C)(CC)C(=O)CCCCCO. The van der Waals surface area contributed by atoms with Crippen LogP contribution in [0.2, 0.25) is 0 Å². The van der Waals surface area contributed by atoms with Crippen molar-refractivity contribution in [2.24, 2.45) is 0 Å². The quantitative estimate of drug-likeness (QED) is 0.196. The molecule has 0 aliphatic carbocycles. The zero-order chi connectivity index (χ0) is 19.3. The first-order valence-corrected chi connectivity index (χ1v) is 10.8. The summed E-state index contributed by atoms with van der Waals surface area (Å²) in [5.74, 6) is 0.486. The van der Waals surface area contributed by atoms with Crippen molar-refractivity contribution in [2.45, 2.75) is 101 Å². The molecule has 0 bridgehead atoms. The second-order valence-corrected chi connectivity index (χ2v) is 9.56. The maximum absolute atomic E-state index is 12.4. The van der Waals surface area contributed by atoms with E-state index in [1.165, 1.54) is 0 Å². The van der Waals surface area contributed by atoms with Crippen LogP contribution in [-0.4, -0.2) is 38.9 Å². The molecule has 0 aliphatic rings. The predicted octanol–water partition coefficient (Wildman–Crippen LogP) is 5.03. The largest absolute Gasteiger partial charge is 0.396 e. The third kappa shape index (κ3) is 10.0. The predicted molar refractivity (Wildman–Crippen MR) is 111 cm³/mol. The monoisotopic (exact) mass is 468 g/mol. The fourth-order valence-electron chi connectivity index (χ4n) is 2.54. The van der Waals surface area contributed by atoms with Crippen molar-refractivity contribution in [3.63, 3.8) is 0 Å². The number of carbonyl (C=O) groups excluding carboxylic acids is 2. The second-order valence-electron chi connectivity index (χ2n) is 7.18. The van der Waals surface area contributed by atoms with Crippen molar-refractivity contribution in [3.8, 4) is 0 Å². The Balaban J connectivity index is 4.02. The van der Waals surface area contributed by atoms with Gasteiger partial charge in [-0.15, -0.1) is 0 Å². The third-order valence-corrected chi connectivity index (χ3v) is 6.41. The van der Waals surface area contributed by atoms with Gasteiger partial charge < -0.3 is 9.84 Å². The Kier molecular flexibility index (Phi) is 13.2. The maximum atomic E-state index is 12.4.